The van der Waals surface area contributed by atoms with E-state index in [0.717, 1.165) is 5.56 Å². The van der Waals surface area contributed by atoms with Crippen LogP contribution in [0.25, 0.3) is 11.3 Å². The zero-order chi connectivity index (χ0) is 34.1. The van der Waals surface area contributed by atoms with Gasteiger partial charge in [0.05, 0.1) is 24.4 Å². The average molecular weight is 684 g/mol. The number of aromatic nitrogens is 1. The van der Waals surface area contributed by atoms with Gasteiger partial charge >= 0.3 is 11.6 Å². The fourth-order valence-electron chi connectivity index (χ4n) is 9.45. The zero-order valence-corrected chi connectivity index (χ0v) is 28.3. The summed E-state index contributed by atoms with van der Waals surface area (Å²) in [7, 11) is 0. The van der Waals surface area contributed by atoms with Gasteiger partial charge in [-0.1, -0.05) is 61.8 Å². The van der Waals surface area contributed by atoms with Gasteiger partial charge in [-0.3, -0.25) is 4.98 Å². The van der Waals surface area contributed by atoms with E-state index < -0.39 is 52.4 Å². The first-order valence-electron chi connectivity index (χ1n) is 16.8. The van der Waals surface area contributed by atoms with Gasteiger partial charge in [-0.25, -0.2) is 9.59 Å². The van der Waals surface area contributed by atoms with Crippen molar-refractivity contribution >= 4 is 17.6 Å². The molecule has 9 atom stereocenters. The number of benzene rings is 2. The Morgan fingerprint density at radius 2 is 1.84 bits per heavy atom. The summed E-state index contributed by atoms with van der Waals surface area (Å²) in [6, 6.07) is 21.6. The van der Waals surface area contributed by atoms with Crippen LogP contribution in [-0.4, -0.2) is 40.5 Å². The summed E-state index contributed by atoms with van der Waals surface area (Å²) in [5.41, 5.74) is -1.08. The maximum atomic E-state index is 13.8. The molecule has 0 radical (unpaired) electrons. The highest BCUT2D eigenvalue weighted by Gasteiger charge is 2.71. The summed E-state index contributed by atoms with van der Waals surface area (Å²) in [6.07, 6.45) is 2.30. The number of aliphatic hydroxyl groups excluding tert-OH is 1. The molecular weight excluding hydrogens is 646 g/mol. The number of rotatable bonds is 4. The van der Waals surface area contributed by atoms with Crippen molar-refractivity contribution in [3.8, 4) is 17.1 Å². The molecule has 254 valence electrons. The quantitative estimate of drug-likeness (QED) is 0.221. The molecule has 2 aromatic heterocycles. The first-order valence-corrected chi connectivity index (χ1v) is 17.1. The van der Waals surface area contributed by atoms with Gasteiger partial charge in [-0.15, -0.1) is 0 Å². The summed E-state index contributed by atoms with van der Waals surface area (Å²) >= 11 is 6.25. The first-order chi connectivity index (χ1) is 23.5. The van der Waals surface area contributed by atoms with Crippen LogP contribution in [0.3, 0.4) is 0 Å². The lowest BCUT2D eigenvalue weighted by Gasteiger charge is -2.67. The summed E-state index contributed by atoms with van der Waals surface area (Å²) in [6.45, 7) is 6.61. The number of hydrogen-bond acceptors (Lipinski definition) is 9. The van der Waals surface area contributed by atoms with Crippen LogP contribution in [0.5, 0.6) is 5.75 Å². The zero-order valence-electron chi connectivity index (χ0n) is 27.5. The molecule has 0 unspecified atom stereocenters. The molecule has 9 nitrogen and oxygen atoms in total. The van der Waals surface area contributed by atoms with E-state index in [2.05, 4.69) is 18.8 Å². The number of carbonyl (C=O) groups is 1. The maximum absolute atomic E-state index is 13.8. The van der Waals surface area contributed by atoms with Crippen molar-refractivity contribution in [2.75, 3.05) is 6.61 Å². The molecule has 3 fully saturated rings. The number of hydrogen-bond donors (Lipinski definition) is 1. The van der Waals surface area contributed by atoms with E-state index >= 15 is 0 Å². The predicted octanol–water partition coefficient (Wildman–Crippen LogP) is 7.32. The number of carbonyl (C=O) groups excluding carboxylic acids is 1. The molecule has 10 heteroatoms. The smallest absolute Gasteiger partial charge is 0.345 e. The van der Waals surface area contributed by atoms with Gasteiger partial charge < -0.3 is 28.5 Å². The number of pyridine rings is 1. The Kier molecular flexibility index (Phi) is 7.75. The van der Waals surface area contributed by atoms with Crippen molar-refractivity contribution in [1.29, 1.82) is 0 Å². The third-order valence-electron chi connectivity index (χ3n) is 11.7. The summed E-state index contributed by atoms with van der Waals surface area (Å²) in [5, 5.41) is 12.8. The molecule has 0 spiro atoms. The number of fused-ring (bicyclic) bond motifs is 6. The Balaban J connectivity index is 1.22. The van der Waals surface area contributed by atoms with Crippen LogP contribution in [0, 0.1) is 22.7 Å². The molecule has 1 saturated heterocycles. The summed E-state index contributed by atoms with van der Waals surface area (Å²) in [5.74, 6) is -0.896. The van der Waals surface area contributed by atoms with E-state index in [0.29, 0.717) is 42.0 Å². The molecular formula is C39H38ClNO8. The minimum atomic E-state index is -1.27. The number of aliphatic hydroxyl groups is 1. The minimum absolute atomic E-state index is 0.0597. The van der Waals surface area contributed by atoms with Crippen molar-refractivity contribution in [2.24, 2.45) is 22.7 Å². The molecule has 4 aliphatic rings. The van der Waals surface area contributed by atoms with Gasteiger partial charge in [0.2, 0.25) is 0 Å². The number of nitrogens with zero attached hydrogens (tertiary/aromatic N) is 1. The van der Waals surface area contributed by atoms with Gasteiger partial charge in [0.15, 0.2) is 6.29 Å². The number of ether oxygens (including phenoxy) is 4. The third-order valence-corrected chi connectivity index (χ3v) is 12.0. The Hall–Kier alpha value is -4.02. The lowest BCUT2D eigenvalue weighted by atomic mass is 9.42. The van der Waals surface area contributed by atoms with Crippen molar-refractivity contribution < 1.29 is 33.3 Å². The van der Waals surface area contributed by atoms with Gasteiger partial charge in [0.1, 0.15) is 28.8 Å². The summed E-state index contributed by atoms with van der Waals surface area (Å²) in [4.78, 5) is 31.6. The normalized spacial score (nSPS) is 34.7. The highest BCUT2D eigenvalue weighted by molar-refractivity contribution is 6.30. The molecule has 4 heterocycles. The third kappa shape index (κ3) is 5.12. The Labute approximate surface area is 289 Å². The number of halogens is 1. The topological polar surface area (TPSA) is 117 Å². The first kappa shape index (κ1) is 32.2. The van der Waals surface area contributed by atoms with Crippen LogP contribution < -0.4 is 10.4 Å². The van der Waals surface area contributed by atoms with Crippen LogP contribution in [0.4, 0.5) is 0 Å². The molecule has 49 heavy (non-hydrogen) atoms. The Bertz CT molecular complexity index is 1950. The molecule has 2 aliphatic heterocycles. The van der Waals surface area contributed by atoms with E-state index in [9.17, 15) is 14.7 Å². The number of esters is 1. The maximum Gasteiger partial charge on any atom is 0.345 e. The molecule has 0 bridgehead atoms. The fourth-order valence-corrected chi connectivity index (χ4v) is 9.64. The van der Waals surface area contributed by atoms with Gasteiger partial charge in [0, 0.05) is 45.9 Å². The molecule has 1 N–H and O–H groups in total. The van der Waals surface area contributed by atoms with Crippen LogP contribution in [-0.2, 0) is 14.2 Å². The highest BCUT2D eigenvalue weighted by Crippen LogP contribution is 2.68. The van der Waals surface area contributed by atoms with E-state index in [-0.39, 0.29) is 29.1 Å². The van der Waals surface area contributed by atoms with E-state index in [1.54, 1.807) is 54.9 Å². The van der Waals surface area contributed by atoms with Crippen LogP contribution >= 0.6 is 11.6 Å². The van der Waals surface area contributed by atoms with Crippen LogP contribution in [0.1, 0.15) is 73.9 Å². The standard InChI is InChI=1S/C39H38ClNO8/c1-37-15-14-29-38(2,21-45-36(48-29)22-9-5-4-6-10-22)28(37)19-30(47-34(43)23-11-7-13-25(40)17-23)39(3)33(37)32(42)31-27(49-39)18-26(46-35(31)44)24-12-8-16-41-20-24/h4-13,16-18,20,28-30,32-33,36,42H,14-15,19,21H2,1-3H3/t28-,29+,30+,32+,33-,36-,37+,38+,39-/m1/s1. The van der Waals surface area contributed by atoms with Crippen LogP contribution in [0.2, 0.25) is 5.02 Å². The Morgan fingerprint density at radius 3 is 2.59 bits per heavy atom. The second-order valence-corrected chi connectivity index (χ2v) is 15.0. The van der Waals surface area contributed by atoms with Crippen molar-refractivity contribution in [1.82, 2.24) is 4.98 Å². The monoisotopic (exact) mass is 683 g/mol. The molecule has 4 aromatic rings. The van der Waals surface area contributed by atoms with E-state index in [1.807, 2.05) is 37.3 Å². The van der Waals surface area contributed by atoms with Crippen LogP contribution in [0.15, 0.2) is 94.4 Å². The minimum Gasteiger partial charge on any atom is -0.482 e. The molecule has 8 rings (SSSR count). The lowest BCUT2D eigenvalue weighted by Crippen LogP contribution is -2.71. The second kappa shape index (κ2) is 11.8. The molecule has 0 amide bonds. The Morgan fingerprint density at radius 1 is 1.02 bits per heavy atom. The lowest BCUT2D eigenvalue weighted by molar-refractivity contribution is -0.330. The predicted molar refractivity (Wildman–Crippen MR) is 180 cm³/mol. The summed E-state index contributed by atoms with van der Waals surface area (Å²) < 4.78 is 32.1. The average Bonchev–Trinajstić information content (AvgIpc) is 3.09. The van der Waals surface area contributed by atoms with Crippen molar-refractivity contribution in [2.45, 2.75) is 70.2 Å². The van der Waals surface area contributed by atoms with Crippen molar-refractivity contribution in [3.63, 3.8) is 0 Å². The second-order valence-electron chi connectivity index (χ2n) is 14.5. The van der Waals surface area contributed by atoms with Gasteiger partial charge in [-0.2, -0.15) is 0 Å². The largest absolute Gasteiger partial charge is 0.482 e. The van der Waals surface area contributed by atoms with Crippen molar-refractivity contribution in [3.05, 3.63) is 117 Å². The fraction of sp³-hybridized carbons (Fsp3) is 0.410. The SMILES string of the molecule is C[C@@]12CO[C@@H](c3ccccc3)O[C@H]1CC[C@@]1(C)[C@H]2C[C@H](OC(=O)c2cccc(Cl)c2)[C@@]2(C)Oc3cc(-c4cccnc4)oc(=O)c3[C@H](O)[C@H]12. The molecule has 2 saturated carbocycles. The van der Waals surface area contributed by atoms with Gasteiger partial charge in [0.25, 0.3) is 0 Å². The highest BCUT2D eigenvalue weighted by atomic mass is 35.5. The molecule has 2 aromatic carbocycles. The van der Waals surface area contributed by atoms with E-state index in [4.69, 9.17) is 35.0 Å². The van der Waals surface area contributed by atoms with Gasteiger partial charge in [-0.05, 0) is 67.9 Å². The van der Waals surface area contributed by atoms with E-state index in [1.165, 1.54) is 0 Å². The molecule has 2 aliphatic carbocycles.